The van der Waals surface area contributed by atoms with Crippen molar-refractivity contribution in [2.24, 2.45) is 0 Å². The number of hydrogen-bond acceptors (Lipinski definition) is 3. The van der Waals surface area contributed by atoms with E-state index in [4.69, 9.17) is 11.6 Å². The molecule has 0 spiro atoms. The van der Waals surface area contributed by atoms with Crippen LogP contribution in [0.4, 0.5) is 11.4 Å². The van der Waals surface area contributed by atoms with Crippen molar-refractivity contribution >= 4 is 38.9 Å². The molecule has 0 fully saturated rings. The highest BCUT2D eigenvalue weighted by Gasteiger charge is 2.27. The van der Waals surface area contributed by atoms with E-state index in [2.05, 4.69) is 5.32 Å². The van der Waals surface area contributed by atoms with Crippen molar-refractivity contribution in [2.45, 2.75) is 38.5 Å². The Kier molecular flexibility index (Phi) is 7.59. The minimum absolute atomic E-state index is 0.0689. The number of para-hydroxylation sites is 1. The molecule has 1 amide bonds. The fourth-order valence-corrected chi connectivity index (χ4v) is 5.08. The first kappa shape index (κ1) is 23.8. The molecule has 0 aliphatic heterocycles. The predicted molar refractivity (Wildman–Crippen MR) is 131 cm³/mol. The van der Waals surface area contributed by atoms with Gasteiger partial charge in [0.05, 0.1) is 10.6 Å². The molecule has 0 unspecified atom stereocenters. The summed E-state index contributed by atoms with van der Waals surface area (Å²) in [6, 6.07) is 18.9. The van der Waals surface area contributed by atoms with Crippen molar-refractivity contribution in [1.82, 2.24) is 0 Å². The molecule has 5 nitrogen and oxygen atoms in total. The zero-order valence-corrected chi connectivity index (χ0v) is 20.0. The van der Waals surface area contributed by atoms with Gasteiger partial charge in [-0.25, -0.2) is 8.42 Å². The van der Waals surface area contributed by atoms with Crippen LogP contribution in [0.15, 0.2) is 71.6 Å². The Labute approximate surface area is 195 Å². The molecule has 0 aromatic heterocycles. The number of halogens is 1. The van der Waals surface area contributed by atoms with Gasteiger partial charge in [0.15, 0.2) is 0 Å². The van der Waals surface area contributed by atoms with Gasteiger partial charge >= 0.3 is 0 Å². The van der Waals surface area contributed by atoms with Crippen molar-refractivity contribution in [3.05, 3.63) is 88.4 Å². The van der Waals surface area contributed by atoms with Crippen molar-refractivity contribution in [1.29, 1.82) is 0 Å². The summed E-state index contributed by atoms with van der Waals surface area (Å²) in [5, 5.41) is 3.40. The number of carbonyl (C=O) groups is 1. The van der Waals surface area contributed by atoms with E-state index in [-0.39, 0.29) is 11.4 Å². The molecule has 0 saturated carbocycles. The number of benzene rings is 3. The zero-order valence-electron chi connectivity index (χ0n) is 18.4. The summed E-state index contributed by atoms with van der Waals surface area (Å²) in [4.78, 5) is 13.2. The first-order valence-electron chi connectivity index (χ1n) is 10.5. The lowest BCUT2D eigenvalue weighted by Gasteiger charge is -2.25. The molecule has 0 aliphatic rings. The molecule has 0 radical (unpaired) electrons. The Morgan fingerprint density at radius 3 is 2.09 bits per heavy atom. The van der Waals surface area contributed by atoms with Gasteiger partial charge in [-0.15, -0.1) is 0 Å². The molecule has 3 aromatic carbocycles. The second-order valence-corrected chi connectivity index (χ2v) is 9.81. The van der Waals surface area contributed by atoms with E-state index < -0.39 is 15.9 Å². The minimum Gasteiger partial charge on any atom is -0.324 e. The van der Waals surface area contributed by atoms with Crippen molar-refractivity contribution in [2.75, 3.05) is 16.2 Å². The van der Waals surface area contributed by atoms with Crippen LogP contribution in [0, 0.1) is 6.92 Å². The monoisotopic (exact) mass is 470 g/mol. The first-order valence-corrected chi connectivity index (χ1v) is 12.3. The predicted octanol–water partition coefficient (Wildman–Crippen LogP) is 5.61. The van der Waals surface area contributed by atoms with Crippen LogP contribution in [0.2, 0.25) is 5.02 Å². The summed E-state index contributed by atoms with van der Waals surface area (Å²) in [6.07, 6.45) is 1.52. The van der Waals surface area contributed by atoms with Crippen LogP contribution in [0.3, 0.4) is 0 Å². The Morgan fingerprint density at radius 1 is 0.938 bits per heavy atom. The third-order valence-electron chi connectivity index (χ3n) is 5.24. The molecule has 7 heteroatoms. The van der Waals surface area contributed by atoms with Gasteiger partial charge in [0, 0.05) is 10.7 Å². The summed E-state index contributed by atoms with van der Waals surface area (Å²) < 4.78 is 28.1. The third kappa shape index (κ3) is 5.31. The number of aryl methyl sites for hydroxylation is 3. The van der Waals surface area contributed by atoms with Gasteiger partial charge in [-0.05, 0) is 72.9 Å². The molecule has 3 rings (SSSR count). The lowest BCUT2D eigenvalue weighted by atomic mass is 10.0. The number of carbonyl (C=O) groups excluding carboxylic acids is 1. The molecule has 0 bridgehead atoms. The molecular weight excluding hydrogens is 444 g/mol. The SMILES string of the molecule is CCc1cccc(CC)c1NC(=O)CN(c1cccc(C)c1)S(=O)(=O)c1ccc(Cl)cc1. The summed E-state index contributed by atoms with van der Waals surface area (Å²) in [6.45, 7) is 5.57. The van der Waals surface area contributed by atoms with E-state index in [1.807, 2.05) is 45.0 Å². The number of hydrogen-bond donors (Lipinski definition) is 1. The smallest absolute Gasteiger partial charge is 0.264 e. The maximum Gasteiger partial charge on any atom is 0.264 e. The van der Waals surface area contributed by atoms with Crippen LogP contribution in [0.5, 0.6) is 0 Å². The summed E-state index contributed by atoms with van der Waals surface area (Å²) in [5.74, 6) is -0.403. The summed E-state index contributed by atoms with van der Waals surface area (Å²) in [7, 11) is -3.99. The van der Waals surface area contributed by atoms with E-state index in [9.17, 15) is 13.2 Å². The van der Waals surface area contributed by atoms with Gasteiger partial charge in [0.1, 0.15) is 6.54 Å². The lowest BCUT2D eigenvalue weighted by Crippen LogP contribution is -2.38. The van der Waals surface area contributed by atoms with Crippen molar-refractivity contribution < 1.29 is 13.2 Å². The number of nitrogens with zero attached hydrogens (tertiary/aromatic N) is 1. The molecule has 0 atom stereocenters. The molecule has 3 aromatic rings. The van der Waals surface area contributed by atoms with Gasteiger partial charge in [-0.1, -0.05) is 55.8 Å². The maximum atomic E-state index is 13.5. The Morgan fingerprint density at radius 2 is 1.53 bits per heavy atom. The molecule has 0 aliphatic carbocycles. The average molecular weight is 471 g/mol. The first-order chi connectivity index (χ1) is 15.3. The van der Waals surface area contributed by atoms with E-state index in [0.717, 1.165) is 39.5 Å². The van der Waals surface area contributed by atoms with Gasteiger partial charge < -0.3 is 5.32 Å². The molecular formula is C25H27ClN2O3S. The van der Waals surface area contributed by atoms with Crippen LogP contribution in [-0.2, 0) is 27.7 Å². The van der Waals surface area contributed by atoms with Crippen LogP contribution in [-0.4, -0.2) is 20.9 Å². The second-order valence-electron chi connectivity index (χ2n) is 7.51. The summed E-state index contributed by atoms with van der Waals surface area (Å²) >= 11 is 5.94. The fraction of sp³-hybridized carbons (Fsp3) is 0.240. The highest BCUT2D eigenvalue weighted by atomic mass is 35.5. The number of sulfonamides is 1. The Balaban J connectivity index is 1.99. The number of nitrogens with one attached hydrogen (secondary N) is 1. The summed E-state index contributed by atoms with van der Waals surface area (Å²) in [5.41, 5.74) is 4.11. The quantitative estimate of drug-likeness (QED) is 0.465. The second kappa shape index (κ2) is 10.2. The highest BCUT2D eigenvalue weighted by molar-refractivity contribution is 7.92. The van der Waals surface area contributed by atoms with E-state index in [1.165, 1.54) is 24.3 Å². The van der Waals surface area contributed by atoms with E-state index in [0.29, 0.717) is 10.7 Å². The Bertz CT molecular complexity index is 1190. The highest BCUT2D eigenvalue weighted by Crippen LogP contribution is 2.27. The van der Waals surface area contributed by atoms with Gasteiger partial charge in [0.25, 0.3) is 10.0 Å². The fourth-order valence-electron chi connectivity index (χ4n) is 3.54. The van der Waals surface area contributed by atoms with Crippen molar-refractivity contribution in [3.63, 3.8) is 0 Å². The van der Waals surface area contributed by atoms with Gasteiger partial charge in [0.2, 0.25) is 5.91 Å². The normalized spacial score (nSPS) is 11.2. The van der Waals surface area contributed by atoms with Gasteiger partial charge in [-0.2, -0.15) is 0 Å². The number of amides is 1. The molecule has 32 heavy (non-hydrogen) atoms. The van der Waals surface area contributed by atoms with Crippen LogP contribution < -0.4 is 9.62 Å². The largest absolute Gasteiger partial charge is 0.324 e. The topological polar surface area (TPSA) is 66.5 Å². The minimum atomic E-state index is -3.99. The van der Waals surface area contributed by atoms with E-state index >= 15 is 0 Å². The molecule has 0 heterocycles. The third-order valence-corrected chi connectivity index (χ3v) is 7.28. The molecule has 168 valence electrons. The van der Waals surface area contributed by atoms with Crippen LogP contribution >= 0.6 is 11.6 Å². The van der Waals surface area contributed by atoms with Crippen LogP contribution in [0.1, 0.15) is 30.5 Å². The Hall–Kier alpha value is -2.83. The number of anilines is 2. The van der Waals surface area contributed by atoms with Gasteiger partial charge in [-0.3, -0.25) is 9.10 Å². The average Bonchev–Trinajstić information content (AvgIpc) is 2.77. The standard InChI is InChI=1S/C25H27ClN2O3S/c1-4-19-9-7-10-20(5-2)25(19)27-24(29)17-28(22-11-6-8-18(3)16-22)32(30,31)23-14-12-21(26)13-15-23/h6-16H,4-5,17H2,1-3H3,(H,27,29). The number of rotatable bonds is 8. The molecule has 0 saturated heterocycles. The lowest BCUT2D eigenvalue weighted by molar-refractivity contribution is -0.114. The van der Waals surface area contributed by atoms with Crippen LogP contribution in [0.25, 0.3) is 0 Å². The van der Waals surface area contributed by atoms with E-state index in [1.54, 1.807) is 18.2 Å². The van der Waals surface area contributed by atoms with Crippen molar-refractivity contribution in [3.8, 4) is 0 Å². The maximum absolute atomic E-state index is 13.5. The zero-order chi connectivity index (χ0) is 23.3. The molecule has 1 N–H and O–H groups in total.